The highest BCUT2D eigenvalue weighted by molar-refractivity contribution is 5.20. The minimum Gasteiger partial charge on any atom is -0.336 e. The van der Waals surface area contributed by atoms with Crippen molar-refractivity contribution in [3.8, 4) is 0 Å². The molecule has 1 aromatic rings. The number of nitrogens with one attached hydrogen (secondary N) is 1. The molecule has 1 fully saturated rings. The smallest absolute Gasteiger partial charge is 0.321 e. The molecule has 2 rings (SSSR count). The summed E-state index contributed by atoms with van der Waals surface area (Å²) in [5.74, 6) is 2.25. The van der Waals surface area contributed by atoms with Gasteiger partial charge < -0.3 is 9.84 Å². The largest absolute Gasteiger partial charge is 0.336 e. The van der Waals surface area contributed by atoms with Crippen LogP contribution in [-0.4, -0.2) is 16.2 Å². The second-order valence-corrected chi connectivity index (χ2v) is 5.04. The molecule has 4 heteroatoms. The van der Waals surface area contributed by atoms with E-state index in [1.165, 1.54) is 25.7 Å². The van der Waals surface area contributed by atoms with Crippen molar-refractivity contribution >= 4 is 6.01 Å². The Bertz CT molecular complexity index is 335. The lowest BCUT2D eigenvalue weighted by molar-refractivity contribution is 0.412. The highest BCUT2D eigenvalue weighted by Gasteiger charge is 2.28. The Kier molecular flexibility index (Phi) is 3.46. The Morgan fingerprint density at radius 2 is 2.25 bits per heavy atom. The van der Waals surface area contributed by atoms with Crippen LogP contribution >= 0.6 is 0 Å². The molecule has 2 atom stereocenters. The lowest BCUT2D eigenvalue weighted by atomic mass is 10.0. The first-order valence-electron chi connectivity index (χ1n) is 6.29. The van der Waals surface area contributed by atoms with E-state index >= 15 is 0 Å². The van der Waals surface area contributed by atoms with Gasteiger partial charge in [-0.05, 0) is 39.0 Å². The number of rotatable bonds is 4. The molecule has 0 aromatic carbocycles. The van der Waals surface area contributed by atoms with E-state index in [1.807, 2.05) is 0 Å². The summed E-state index contributed by atoms with van der Waals surface area (Å²) in [6, 6.07) is 0.894. The fraction of sp³-hybridized carbons (Fsp3) is 0.833. The fourth-order valence-corrected chi connectivity index (χ4v) is 2.39. The molecule has 4 nitrogen and oxygen atoms in total. The lowest BCUT2D eigenvalue weighted by Crippen LogP contribution is -2.09. The summed E-state index contributed by atoms with van der Waals surface area (Å²) in [5, 5.41) is 7.20. The third-order valence-corrected chi connectivity index (χ3v) is 3.34. The van der Waals surface area contributed by atoms with Crippen LogP contribution in [0.15, 0.2) is 4.52 Å². The number of nitrogens with zero attached hydrogens (tertiary/aromatic N) is 2. The molecule has 0 bridgehead atoms. The molecule has 0 radical (unpaired) electrons. The van der Waals surface area contributed by atoms with Crippen molar-refractivity contribution in [3.63, 3.8) is 0 Å². The average molecular weight is 223 g/mol. The van der Waals surface area contributed by atoms with Crippen molar-refractivity contribution < 1.29 is 4.52 Å². The highest BCUT2D eigenvalue weighted by Crippen LogP contribution is 2.38. The van der Waals surface area contributed by atoms with Gasteiger partial charge in [-0.15, -0.1) is 0 Å². The van der Waals surface area contributed by atoms with Gasteiger partial charge in [-0.3, -0.25) is 0 Å². The summed E-state index contributed by atoms with van der Waals surface area (Å²) in [7, 11) is 0. The third kappa shape index (κ3) is 2.54. The zero-order valence-corrected chi connectivity index (χ0v) is 10.4. The second-order valence-electron chi connectivity index (χ2n) is 5.04. The predicted octanol–water partition coefficient (Wildman–Crippen LogP) is 3.18. The Balaban J connectivity index is 1.97. The first kappa shape index (κ1) is 11.4. The Morgan fingerprint density at radius 3 is 2.88 bits per heavy atom. The van der Waals surface area contributed by atoms with Gasteiger partial charge in [0.25, 0.3) is 0 Å². The Hall–Kier alpha value is -1.06. The van der Waals surface area contributed by atoms with E-state index in [4.69, 9.17) is 4.52 Å². The standard InChI is InChI=1S/C12H21N3O/c1-4-9-5-6-10(7-9)11-14-12(16-15-11)13-8(2)3/h8-10H,4-7H2,1-3H3,(H,13,14,15). The molecule has 0 amide bonds. The summed E-state index contributed by atoms with van der Waals surface area (Å²) in [4.78, 5) is 4.41. The minimum atomic E-state index is 0.334. The maximum absolute atomic E-state index is 5.18. The van der Waals surface area contributed by atoms with Gasteiger partial charge in [0.15, 0.2) is 5.82 Å². The van der Waals surface area contributed by atoms with Crippen molar-refractivity contribution in [3.05, 3.63) is 5.82 Å². The van der Waals surface area contributed by atoms with E-state index in [-0.39, 0.29) is 0 Å². The normalized spacial score (nSPS) is 25.2. The summed E-state index contributed by atoms with van der Waals surface area (Å²) < 4.78 is 5.18. The molecule has 1 aliphatic rings. The maximum Gasteiger partial charge on any atom is 0.321 e. The quantitative estimate of drug-likeness (QED) is 0.851. The summed E-state index contributed by atoms with van der Waals surface area (Å²) in [6.45, 7) is 6.38. The topological polar surface area (TPSA) is 51.0 Å². The van der Waals surface area contributed by atoms with Crippen LogP contribution in [0.1, 0.15) is 58.2 Å². The number of aromatic nitrogens is 2. The SMILES string of the molecule is CCC1CCC(c2noc(NC(C)C)n2)C1. The van der Waals surface area contributed by atoms with Crippen molar-refractivity contribution in [1.82, 2.24) is 10.1 Å². The van der Waals surface area contributed by atoms with Crippen LogP contribution in [0.25, 0.3) is 0 Å². The summed E-state index contributed by atoms with van der Waals surface area (Å²) >= 11 is 0. The molecule has 0 aliphatic heterocycles. The van der Waals surface area contributed by atoms with E-state index in [0.717, 1.165) is 11.7 Å². The predicted molar refractivity (Wildman–Crippen MR) is 63.4 cm³/mol. The van der Waals surface area contributed by atoms with Crippen LogP contribution < -0.4 is 5.32 Å². The number of hydrogen-bond acceptors (Lipinski definition) is 4. The molecule has 2 unspecified atom stereocenters. The molecule has 1 aliphatic carbocycles. The number of anilines is 1. The first-order valence-corrected chi connectivity index (χ1v) is 6.29. The van der Waals surface area contributed by atoms with Gasteiger partial charge in [-0.1, -0.05) is 18.5 Å². The van der Waals surface area contributed by atoms with Crippen LogP contribution in [0.2, 0.25) is 0 Å². The zero-order chi connectivity index (χ0) is 11.5. The fourth-order valence-electron chi connectivity index (χ4n) is 2.39. The lowest BCUT2D eigenvalue weighted by Gasteiger charge is -2.05. The molecule has 1 N–H and O–H groups in total. The van der Waals surface area contributed by atoms with Crippen molar-refractivity contribution in [2.24, 2.45) is 5.92 Å². The average Bonchev–Trinajstić information content (AvgIpc) is 2.83. The summed E-state index contributed by atoms with van der Waals surface area (Å²) in [5.41, 5.74) is 0. The molecule has 1 heterocycles. The van der Waals surface area contributed by atoms with E-state index in [1.54, 1.807) is 0 Å². The van der Waals surface area contributed by atoms with Gasteiger partial charge in [0.2, 0.25) is 0 Å². The molecular weight excluding hydrogens is 202 g/mol. The maximum atomic E-state index is 5.18. The minimum absolute atomic E-state index is 0.334. The van der Waals surface area contributed by atoms with Gasteiger partial charge in [-0.25, -0.2) is 0 Å². The summed E-state index contributed by atoms with van der Waals surface area (Å²) in [6.07, 6.45) is 5.00. The van der Waals surface area contributed by atoms with Crippen molar-refractivity contribution in [2.75, 3.05) is 5.32 Å². The van der Waals surface area contributed by atoms with Crippen LogP contribution in [0, 0.1) is 5.92 Å². The van der Waals surface area contributed by atoms with E-state index in [2.05, 4.69) is 36.2 Å². The molecule has 90 valence electrons. The zero-order valence-electron chi connectivity index (χ0n) is 10.4. The molecule has 1 aromatic heterocycles. The van der Waals surface area contributed by atoms with Gasteiger partial charge in [-0.2, -0.15) is 4.98 Å². The van der Waals surface area contributed by atoms with Crippen molar-refractivity contribution in [1.29, 1.82) is 0 Å². The molecule has 0 saturated heterocycles. The van der Waals surface area contributed by atoms with Crippen LogP contribution in [-0.2, 0) is 0 Å². The Morgan fingerprint density at radius 1 is 1.44 bits per heavy atom. The molecule has 0 spiro atoms. The molecular formula is C12H21N3O. The van der Waals surface area contributed by atoms with Gasteiger partial charge in [0.1, 0.15) is 0 Å². The van der Waals surface area contributed by atoms with Crippen molar-refractivity contribution in [2.45, 2.75) is 58.4 Å². The van der Waals surface area contributed by atoms with Gasteiger partial charge in [0.05, 0.1) is 0 Å². The van der Waals surface area contributed by atoms with Gasteiger partial charge >= 0.3 is 6.01 Å². The van der Waals surface area contributed by atoms with Crippen LogP contribution in [0.4, 0.5) is 6.01 Å². The van der Waals surface area contributed by atoms with Gasteiger partial charge in [0, 0.05) is 12.0 Å². The Labute approximate surface area is 96.8 Å². The first-order chi connectivity index (χ1) is 7.69. The second kappa shape index (κ2) is 4.85. The highest BCUT2D eigenvalue weighted by atomic mass is 16.5. The molecule has 1 saturated carbocycles. The molecule has 16 heavy (non-hydrogen) atoms. The van der Waals surface area contributed by atoms with E-state index < -0.39 is 0 Å². The van der Waals surface area contributed by atoms with Crippen LogP contribution in [0.5, 0.6) is 0 Å². The van der Waals surface area contributed by atoms with E-state index in [9.17, 15) is 0 Å². The third-order valence-electron chi connectivity index (χ3n) is 3.34. The van der Waals surface area contributed by atoms with E-state index in [0.29, 0.717) is 18.0 Å². The number of hydrogen-bond donors (Lipinski definition) is 1. The monoisotopic (exact) mass is 223 g/mol. The van der Waals surface area contributed by atoms with Crippen LogP contribution in [0.3, 0.4) is 0 Å².